The second-order valence-corrected chi connectivity index (χ2v) is 4.78. The van der Waals surface area contributed by atoms with E-state index in [4.69, 9.17) is 9.84 Å². The first-order valence-corrected chi connectivity index (χ1v) is 6.66. The normalized spacial score (nSPS) is 17.0. The molecule has 6 N–H and O–H groups in total. The van der Waals surface area contributed by atoms with Gasteiger partial charge in [-0.15, -0.1) is 0 Å². The molecule has 0 aliphatic heterocycles. The maximum atomic E-state index is 9.71. The van der Waals surface area contributed by atoms with E-state index in [0.29, 0.717) is 6.54 Å². The van der Waals surface area contributed by atoms with Gasteiger partial charge in [0.15, 0.2) is 0 Å². The van der Waals surface area contributed by atoms with Gasteiger partial charge in [0.1, 0.15) is 24.1 Å². The predicted octanol–water partition coefficient (Wildman–Crippen LogP) is -1.78. The average Bonchev–Trinajstić information content (AvgIpc) is 2.53. The van der Waals surface area contributed by atoms with Gasteiger partial charge in [0.05, 0.1) is 19.8 Å². The number of hydrogen-bond donors (Lipinski definition) is 6. The summed E-state index contributed by atoms with van der Waals surface area (Å²) in [5.74, 6) is 0.746. The van der Waals surface area contributed by atoms with Crippen molar-refractivity contribution in [2.24, 2.45) is 0 Å². The number of nitrogens with one attached hydrogen (secondary N) is 1. The van der Waals surface area contributed by atoms with E-state index in [2.05, 4.69) is 5.32 Å². The maximum Gasteiger partial charge on any atom is 0.118 e. The number of benzene rings is 1. The average molecular weight is 301 g/mol. The minimum Gasteiger partial charge on any atom is -0.497 e. The lowest BCUT2D eigenvalue weighted by molar-refractivity contribution is -0.114. The van der Waals surface area contributed by atoms with Crippen molar-refractivity contribution < 1.29 is 30.3 Å². The number of rotatable bonds is 9. The SMILES string of the molecule is COc1ccc(CNC[C@H](O)[C@@H](O)[C@H](O)[C@H](O)CO)cc1. The summed E-state index contributed by atoms with van der Waals surface area (Å²) in [6.45, 7) is -0.195. The Labute approximate surface area is 123 Å². The largest absolute Gasteiger partial charge is 0.497 e. The highest BCUT2D eigenvalue weighted by molar-refractivity contribution is 5.26. The molecule has 7 heteroatoms. The van der Waals surface area contributed by atoms with Crippen LogP contribution < -0.4 is 10.1 Å². The molecule has 0 unspecified atom stereocenters. The van der Waals surface area contributed by atoms with Gasteiger partial charge < -0.3 is 35.6 Å². The Hall–Kier alpha value is -1.22. The lowest BCUT2D eigenvalue weighted by atomic mass is 10.0. The summed E-state index contributed by atoms with van der Waals surface area (Å²) < 4.78 is 5.04. The van der Waals surface area contributed by atoms with Crippen molar-refractivity contribution in [1.29, 1.82) is 0 Å². The summed E-state index contributed by atoms with van der Waals surface area (Å²) in [5, 5.41) is 49.6. The Morgan fingerprint density at radius 2 is 1.57 bits per heavy atom. The fourth-order valence-electron chi connectivity index (χ4n) is 1.79. The summed E-state index contributed by atoms with van der Waals surface area (Å²) in [5.41, 5.74) is 0.966. The third-order valence-electron chi connectivity index (χ3n) is 3.17. The van der Waals surface area contributed by atoms with E-state index < -0.39 is 31.0 Å². The van der Waals surface area contributed by atoms with E-state index in [1.54, 1.807) is 7.11 Å². The van der Waals surface area contributed by atoms with Crippen LogP contribution >= 0.6 is 0 Å². The van der Waals surface area contributed by atoms with Crippen LogP contribution in [0.15, 0.2) is 24.3 Å². The molecule has 0 saturated heterocycles. The predicted molar refractivity (Wildman–Crippen MR) is 75.8 cm³/mol. The van der Waals surface area contributed by atoms with Gasteiger partial charge >= 0.3 is 0 Å². The quantitative estimate of drug-likeness (QED) is 0.319. The van der Waals surface area contributed by atoms with E-state index in [1.807, 2.05) is 24.3 Å². The molecule has 0 heterocycles. The first-order chi connectivity index (χ1) is 9.99. The molecule has 0 bridgehead atoms. The lowest BCUT2D eigenvalue weighted by Crippen LogP contribution is -2.48. The summed E-state index contributed by atoms with van der Waals surface area (Å²) in [6, 6.07) is 7.34. The molecule has 0 fully saturated rings. The van der Waals surface area contributed by atoms with Crippen molar-refractivity contribution in [3.63, 3.8) is 0 Å². The molecule has 0 aliphatic carbocycles. The van der Waals surface area contributed by atoms with E-state index in [1.165, 1.54) is 0 Å². The minimum absolute atomic E-state index is 0.0302. The number of methoxy groups -OCH3 is 1. The summed E-state index contributed by atoms with van der Waals surface area (Å²) in [6.07, 6.45) is -5.90. The zero-order valence-corrected chi connectivity index (χ0v) is 11.9. The van der Waals surface area contributed by atoms with Gasteiger partial charge in [-0.25, -0.2) is 0 Å². The van der Waals surface area contributed by atoms with E-state index in [9.17, 15) is 20.4 Å². The fourth-order valence-corrected chi connectivity index (χ4v) is 1.79. The van der Waals surface area contributed by atoms with Gasteiger partial charge in [0, 0.05) is 13.1 Å². The third kappa shape index (κ3) is 5.58. The highest BCUT2D eigenvalue weighted by Crippen LogP contribution is 2.11. The van der Waals surface area contributed by atoms with Crippen LogP contribution in [-0.2, 0) is 6.54 Å². The molecule has 0 aliphatic rings. The first-order valence-electron chi connectivity index (χ1n) is 6.66. The Balaban J connectivity index is 2.36. The van der Waals surface area contributed by atoms with E-state index >= 15 is 0 Å². The number of hydrogen-bond acceptors (Lipinski definition) is 7. The minimum atomic E-state index is -1.60. The van der Waals surface area contributed by atoms with Gasteiger partial charge in [-0.2, -0.15) is 0 Å². The molecule has 7 nitrogen and oxygen atoms in total. The molecule has 0 aromatic heterocycles. The lowest BCUT2D eigenvalue weighted by Gasteiger charge is -2.25. The molecule has 1 aromatic carbocycles. The van der Waals surface area contributed by atoms with Crippen LogP contribution in [0.4, 0.5) is 0 Å². The zero-order chi connectivity index (χ0) is 15.8. The van der Waals surface area contributed by atoms with Crippen LogP contribution in [0.25, 0.3) is 0 Å². The van der Waals surface area contributed by atoms with Crippen molar-refractivity contribution in [2.75, 3.05) is 20.3 Å². The summed E-state index contributed by atoms with van der Waals surface area (Å²) >= 11 is 0. The standard InChI is InChI=1S/C14H23NO6/c1-21-10-4-2-9(3-5-10)6-15-7-11(17)13(19)14(20)12(18)8-16/h2-5,11-20H,6-8H2,1H3/t11-,12+,13+,14+/m0/s1. The molecule has 0 amide bonds. The second kappa shape index (κ2) is 8.93. The topological polar surface area (TPSA) is 122 Å². The van der Waals surface area contributed by atoms with Gasteiger partial charge in [0.25, 0.3) is 0 Å². The number of aliphatic hydroxyl groups excluding tert-OH is 5. The maximum absolute atomic E-state index is 9.71. The van der Waals surface area contributed by atoms with Crippen molar-refractivity contribution >= 4 is 0 Å². The molecule has 0 spiro atoms. The first kappa shape index (κ1) is 17.8. The summed E-state index contributed by atoms with van der Waals surface area (Å²) in [4.78, 5) is 0. The van der Waals surface area contributed by atoms with Gasteiger partial charge in [-0.05, 0) is 17.7 Å². The van der Waals surface area contributed by atoms with E-state index in [0.717, 1.165) is 11.3 Å². The monoisotopic (exact) mass is 301 g/mol. The molecule has 1 rings (SSSR count). The molecule has 120 valence electrons. The highest BCUT2D eigenvalue weighted by atomic mass is 16.5. The van der Waals surface area contributed by atoms with Crippen LogP contribution in [0.2, 0.25) is 0 Å². The van der Waals surface area contributed by atoms with Gasteiger partial charge in [-0.1, -0.05) is 12.1 Å². The number of ether oxygens (including phenoxy) is 1. The summed E-state index contributed by atoms with van der Waals surface area (Å²) in [7, 11) is 1.58. The van der Waals surface area contributed by atoms with Crippen LogP contribution in [-0.4, -0.2) is 70.2 Å². The third-order valence-corrected chi connectivity index (χ3v) is 3.17. The Bertz CT molecular complexity index is 399. The molecule has 4 atom stereocenters. The second-order valence-electron chi connectivity index (χ2n) is 4.78. The Kier molecular flexibility index (Phi) is 7.58. The molecule has 0 radical (unpaired) electrons. The number of aliphatic hydroxyl groups is 5. The van der Waals surface area contributed by atoms with Crippen molar-refractivity contribution in [3.05, 3.63) is 29.8 Å². The van der Waals surface area contributed by atoms with Gasteiger partial charge in [-0.3, -0.25) is 0 Å². The van der Waals surface area contributed by atoms with Crippen LogP contribution in [0.5, 0.6) is 5.75 Å². The van der Waals surface area contributed by atoms with Crippen LogP contribution in [0.3, 0.4) is 0 Å². The smallest absolute Gasteiger partial charge is 0.118 e. The van der Waals surface area contributed by atoms with E-state index in [-0.39, 0.29) is 6.54 Å². The van der Waals surface area contributed by atoms with Crippen LogP contribution in [0.1, 0.15) is 5.56 Å². The molecule has 0 saturated carbocycles. The molecular formula is C14H23NO6. The zero-order valence-electron chi connectivity index (χ0n) is 11.9. The Morgan fingerprint density at radius 1 is 1.00 bits per heavy atom. The molecular weight excluding hydrogens is 278 g/mol. The van der Waals surface area contributed by atoms with Crippen LogP contribution in [0, 0.1) is 0 Å². The fraction of sp³-hybridized carbons (Fsp3) is 0.571. The van der Waals surface area contributed by atoms with Gasteiger partial charge in [0.2, 0.25) is 0 Å². The highest BCUT2D eigenvalue weighted by Gasteiger charge is 2.29. The molecule has 21 heavy (non-hydrogen) atoms. The van der Waals surface area contributed by atoms with Crippen molar-refractivity contribution in [1.82, 2.24) is 5.32 Å². The Morgan fingerprint density at radius 3 is 2.10 bits per heavy atom. The van der Waals surface area contributed by atoms with Crippen molar-refractivity contribution in [2.45, 2.75) is 31.0 Å². The molecule has 1 aromatic rings. The van der Waals surface area contributed by atoms with Crippen molar-refractivity contribution in [3.8, 4) is 5.75 Å².